The van der Waals surface area contributed by atoms with E-state index in [-0.39, 0.29) is 31.5 Å². The lowest BCUT2D eigenvalue weighted by Gasteiger charge is -2.12. The Labute approximate surface area is 117 Å². The summed E-state index contributed by atoms with van der Waals surface area (Å²) in [5.74, 6) is -0.388. The van der Waals surface area contributed by atoms with Crippen LogP contribution in [-0.2, 0) is 16.1 Å². The van der Waals surface area contributed by atoms with Gasteiger partial charge in [0.2, 0.25) is 5.91 Å². The summed E-state index contributed by atoms with van der Waals surface area (Å²) in [4.78, 5) is 11.5. The molecule has 3 N–H and O–H groups in total. The van der Waals surface area contributed by atoms with Gasteiger partial charge in [-0.05, 0) is 6.07 Å². The maximum Gasteiger partial charge on any atom is 0.239 e. The SMILES string of the molecule is COCC(N)C(=O)NCc1ccc(OC)cc1F.Cl. The van der Waals surface area contributed by atoms with Crippen molar-refractivity contribution in [3.8, 4) is 5.75 Å². The maximum absolute atomic E-state index is 13.5. The minimum atomic E-state index is -0.753. The normalized spacial score (nSPS) is 11.4. The number of rotatable bonds is 6. The van der Waals surface area contributed by atoms with Crippen LogP contribution in [0.25, 0.3) is 0 Å². The molecular weight excluding hydrogens is 275 g/mol. The Balaban J connectivity index is 0.00000324. The maximum atomic E-state index is 13.5. The molecule has 0 saturated heterocycles. The van der Waals surface area contributed by atoms with Crippen LogP contribution in [0.3, 0.4) is 0 Å². The molecule has 0 saturated carbocycles. The van der Waals surface area contributed by atoms with E-state index in [1.54, 1.807) is 12.1 Å². The molecule has 0 aliphatic carbocycles. The Hall–Kier alpha value is -1.37. The molecule has 0 bridgehead atoms. The van der Waals surface area contributed by atoms with Gasteiger partial charge in [-0.1, -0.05) is 6.07 Å². The van der Waals surface area contributed by atoms with Crippen LogP contribution in [-0.4, -0.2) is 32.8 Å². The number of carbonyl (C=O) groups excluding carboxylic acids is 1. The van der Waals surface area contributed by atoms with Crippen LogP contribution in [0.4, 0.5) is 4.39 Å². The van der Waals surface area contributed by atoms with Gasteiger partial charge in [0.1, 0.15) is 17.6 Å². The number of carbonyl (C=O) groups is 1. The van der Waals surface area contributed by atoms with Gasteiger partial charge in [-0.15, -0.1) is 12.4 Å². The average Bonchev–Trinajstić information content (AvgIpc) is 2.37. The predicted octanol–water partition coefficient (Wildman–Crippen LogP) is 0.846. The van der Waals surface area contributed by atoms with Gasteiger partial charge in [0.15, 0.2) is 0 Å². The minimum absolute atomic E-state index is 0. The monoisotopic (exact) mass is 292 g/mol. The summed E-state index contributed by atoms with van der Waals surface area (Å²) in [5.41, 5.74) is 5.89. The van der Waals surface area contributed by atoms with Crippen molar-refractivity contribution >= 4 is 18.3 Å². The Morgan fingerprint density at radius 3 is 2.68 bits per heavy atom. The summed E-state index contributed by atoms with van der Waals surface area (Å²) in [5, 5.41) is 2.54. The van der Waals surface area contributed by atoms with Crippen molar-refractivity contribution < 1.29 is 18.7 Å². The van der Waals surface area contributed by atoms with Crippen LogP contribution in [0.2, 0.25) is 0 Å². The topological polar surface area (TPSA) is 73.6 Å². The number of nitrogens with one attached hydrogen (secondary N) is 1. The fourth-order valence-corrected chi connectivity index (χ4v) is 1.37. The van der Waals surface area contributed by atoms with E-state index in [1.165, 1.54) is 20.3 Å². The van der Waals surface area contributed by atoms with E-state index >= 15 is 0 Å². The highest BCUT2D eigenvalue weighted by Gasteiger charge is 2.13. The first-order chi connectivity index (χ1) is 8.58. The molecule has 0 radical (unpaired) electrons. The molecule has 1 rings (SSSR count). The van der Waals surface area contributed by atoms with Crippen molar-refractivity contribution in [2.24, 2.45) is 5.73 Å². The Bertz CT molecular complexity index is 418. The van der Waals surface area contributed by atoms with Gasteiger partial charge in [-0.3, -0.25) is 4.79 Å². The van der Waals surface area contributed by atoms with Crippen LogP contribution in [0.5, 0.6) is 5.75 Å². The lowest BCUT2D eigenvalue weighted by molar-refractivity contribution is -0.123. The second-order valence-corrected chi connectivity index (χ2v) is 3.74. The molecule has 108 valence electrons. The van der Waals surface area contributed by atoms with E-state index in [1.807, 2.05) is 0 Å². The smallest absolute Gasteiger partial charge is 0.239 e. The Kier molecular flexibility index (Phi) is 8.06. The fourth-order valence-electron chi connectivity index (χ4n) is 1.37. The molecule has 0 aromatic heterocycles. The molecular formula is C12H18ClFN2O3. The number of ether oxygens (including phenoxy) is 2. The van der Waals surface area contributed by atoms with Crippen molar-refractivity contribution in [2.45, 2.75) is 12.6 Å². The summed E-state index contributed by atoms with van der Waals surface area (Å²) in [6.07, 6.45) is 0. The van der Waals surface area contributed by atoms with Gasteiger partial charge < -0.3 is 20.5 Å². The van der Waals surface area contributed by atoms with E-state index in [0.29, 0.717) is 11.3 Å². The van der Waals surface area contributed by atoms with Crippen LogP contribution in [0, 0.1) is 5.82 Å². The molecule has 0 aliphatic heterocycles. The number of nitrogens with two attached hydrogens (primary N) is 1. The summed E-state index contributed by atoms with van der Waals surface area (Å²) < 4.78 is 23.2. The fraction of sp³-hybridized carbons (Fsp3) is 0.417. The predicted molar refractivity (Wildman–Crippen MR) is 71.9 cm³/mol. The lowest BCUT2D eigenvalue weighted by Crippen LogP contribution is -2.43. The van der Waals surface area contributed by atoms with E-state index in [2.05, 4.69) is 5.32 Å². The van der Waals surface area contributed by atoms with Crippen LogP contribution in [0.1, 0.15) is 5.56 Å². The van der Waals surface area contributed by atoms with Crippen molar-refractivity contribution in [2.75, 3.05) is 20.8 Å². The molecule has 1 amide bonds. The summed E-state index contributed by atoms with van der Waals surface area (Å²) in [7, 11) is 2.91. The van der Waals surface area contributed by atoms with Gasteiger partial charge in [-0.25, -0.2) is 4.39 Å². The first kappa shape index (κ1) is 17.6. The molecule has 5 nitrogen and oxygen atoms in total. The van der Waals surface area contributed by atoms with Crippen molar-refractivity contribution in [1.29, 1.82) is 0 Å². The average molecular weight is 293 g/mol. The third-order valence-electron chi connectivity index (χ3n) is 2.40. The molecule has 19 heavy (non-hydrogen) atoms. The highest BCUT2D eigenvalue weighted by Crippen LogP contribution is 2.15. The van der Waals surface area contributed by atoms with Gasteiger partial charge in [0.25, 0.3) is 0 Å². The third kappa shape index (κ3) is 5.42. The molecule has 0 spiro atoms. The number of benzene rings is 1. The van der Waals surface area contributed by atoms with Gasteiger partial charge >= 0.3 is 0 Å². The second kappa shape index (κ2) is 8.68. The Morgan fingerprint density at radius 2 is 2.16 bits per heavy atom. The van der Waals surface area contributed by atoms with Crippen molar-refractivity contribution in [1.82, 2.24) is 5.32 Å². The molecule has 1 unspecified atom stereocenters. The summed E-state index contributed by atoms with van der Waals surface area (Å²) in [6, 6.07) is 3.68. The number of amides is 1. The molecule has 7 heteroatoms. The van der Waals surface area contributed by atoms with Crippen molar-refractivity contribution in [3.05, 3.63) is 29.6 Å². The zero-order chi connectivity index (χ0) is 13.5. The first-order valence-electron chi connectivity index (χ1n) is 5.43. The second-order valence-electron chi connectivity index (χ2n) is 3.74. The molecule has 1 aromatic carbocycles. The number of hydrogen-bond donors (Lipinski definition) is 2. The summed E-state index contributed by atoms with van der Waals surface area (Å²) >= 11 is 0. The first-order valence-corrected chi connectivity index (χ1v) is 5.43. The van der Waals surface area contributed by atoms with E-state index < -0.39 is 11.9 Å². The van der Waals surface area contributed by atoms with E-state index in [0.717, 1.165) is 0 Å². The third-order valence-corrected chi connectivity index (χ3v) is 2.40. The highest BCUT2D eigenvalue weighted by atomic mass is 35.5. The molecule has 1 atom stereocenters. The van der Waals surface area contributed by atoms with Gasteiger partial charge in [0, 0.05) is 25.3 Å². The zero-order valence-electron chi connectivity index (χ0n) is 10.8. The Morgan fingerprint density at radius 1 is 1.47 bits per heavy atom. The lowest BCUT2D eigenvalue weighted by atomic mass is 10.2. The number of hydrogen-bond acceptors (Lipinski definition) is 4. The molecule has 0 fully saturated rings. The largest absolute Gasteiger partial charge is 0.497 e. The standard InChI is InChI=1S/C12H17FN2O3.ClH/c1-17-7-11(14)12(16)15-6-8-3-4-9(18-2)5-10(8)13;/h3-5,11H,6-7,14H2,1-2H3,(H,15,16);1H. The zero-order valence-corrected chi connectivity index (χ0v) is 11.6. The quantitative estimate of drug-likeness (QED) is 0.815. The van der Waals surface area contributed by atoms with Crippen molar-refractivity contribution in [3.63, 3.8) is 0 Å². The minimum Gasteiger partial charge on any atom is -0.497 e. The van der Waals surface area contributed by atoms with Crippen LogP contribution >= 0.6 is 12.4 Å². The highest BCUT2D eigenvalue weighted by molar-refractivity contribution is 5.85. The molecule has 0 heterocycles. The van der Waals surface area contributed by atoms with Gasteiger partial charge in [-0.2, -0.15) is 0 Å². The molecule has 0 aliphatic rings. The van der Waals surface area contributed by atoms with Crippen LogP contribution in [0.15, 0.2) is 18.2 Å². The summed E-state index contributed by atoms with van der Waals surface area (Å²) in [6.45, 7) is 0.197. The van der Waals surface area contributed by atoms with E-state index in [9.17, 15) is 9.18 Å². The van der Waals surface area contributed by atoms with Crippen LogP contribution < -0.4 is 15.8 Å². The molecule has 1 aromatic rings. The van der Waals surface area contributed by atoms with Gasteiger partial charge in [0.05, 0.1) is 13.7 Å². The number of halogens is 2. The van der Waals surface area contributed by atoms with E-state index in [4.69, 9.17) is 15.2 Å². The number of methoxy groups -OCH3 is 2.